The molecular weight excluding hydrogens is 266 g/mol. The number of rotatable bonds is 6. The first-order chi connectivity index (χ1) is 10.2. The van der Waals surface area contributed by atoms with Crippen LogP contribution >= 0.6 is 0 Å². The summed E-state index contributed by atoms with van der Waals surface area (Å²) in [6.07, 6.45) is 2.86. The minimum absolute atomic E-state index is 0.0609. The van der Waals surface area contributed by atoms with Gasteiger partial charge in [-0.15, -0.1) is 0 Å². The Morgan fingerprint density at radius 3 is 2.71 bits per heavy atom. The lowest BCUT2D eigenvalue weighted by Gasteiger charge is -2.13. The van der Waals surface area contributed by atoms with E-state index in [0.717, 1.165) is 11.4 Å². The molecule has 2 N–H and O–H groups in total. The maximum Gasteiger partial charge on any atom is 0.254 e. The molecule has 0 aliphatic carbocycles. The van der Waals surface area contributed by atoms with Crippen LogP contribution in [0.15, 0.2) is 36.5 Å². The molecular formula is C16H21N3O2. The fourth-order valence-electron chi connectivity index (χ4n) is 2.26. The number of carbonyl (C=O) groups is 1. The second-order valence-corrected chi connectivity index (χ2v) is 4.99. The van der Waals surface area contributed by atoms with Crippen LogP contribution in [0.2, 0.25) is 0 Å². The Bertz CT molecular complexity index is 593. The van der Waals surface area contributed by atoms with E-state index in [1.54, 1.807) is 10.9 Å². The molecule has 1 aromatic carbocycles. The van der Waals surface area contributed by atoms with Gasteiger partial charge in [-0.3, -0.25) is 4.79 Å². The van der Waals surface area contributed by atoms with E-state index >= 15 is 0 Å². The third-order valence-corrected chi connectivity index (χ3v) is 3.39. The smallest absolute Gasteiger partial charge is 0.254 e. The lowest BCUT2D eigenvalue weighted by Crippen LogP contribution is -2.33. The number of para-hydroxylation sites is 1. The summed E-state index contributed by atoms with van der Waals surface area (Å²) in [5.74, 6) is -0.144. The Kier molecular flexibility index (Phi) is 5.11. The van der Waals surface area contributed by atoms with Gasteiger partial charge < -0.3 is 10.4 Å². The zero-order chi connectivity index (χ0) is 15.2. The van der Waals surface area contributed by atoms with Gasteiger partial charge in [0.05, 0.1) is 23.1 Å². The van der Waals surface area contributed by atoms with Crippen molar-refractivity contribution in [2.24, 2.45) is 0 Å². The molecule has 5 heteroatoms. The van der Waals surface area contributed by atoms with Crippen molar-refractivity contribution in [3.63, 3.8) is 0 Å². The molecule has 1 heterocycles. The van der Waals surface area contributed by atoms with Gasteiger partial charge in [0.25, 0.3) is 5.91 Å². The van der Waals surface area contributed by atoms with Crippen LogP contribution in [0.1, 0.15) is 36.3 Å². The summed E-state index contributed by atoms with van der Waals surface area (Å²) >= 11 is 0. The van der Waals surface area contributed by atoms with Crippen LogP contribution in [0.3, 0.4) is 0 Å². The predicted molar refractivity (Wildman–Crippen MR) is 81.6 cm³/mol. The minimum Gasteiger partial charge on any atom is -0.396 e. The van der Waals surface area contributed by atoms with Crippen LogP contribution in [0.25, 0.3) is 5.69 Å². The zero-order valence-corrected chi connectivity index (χ0v) is 12.4. The summed E-state index contributed by atoms with van der Waals surface area (Å²) in [5, 5.41) is 16.1. The van der Waals surface area contributed by atoms with E-state index in [1.165, 1.54) is 0 Å². The molecule has 1 amide bonds. The van der Waals surface area contributed by atoms with Crippen molar-refractivity contribution < 1.29 is 9.90 Å². The average molecular weight is 287 g/mol. The van der Waals surface area contributed by atoms with Gasteiger partial charge >= 0.3 is 0 Å². The van der Waals surface area contributed by atoms with Crippen molar-refractivity contribution in [2.45, 2.75) is 32.7 Å². The molecule has 0 fully saturated rings. The van der Waals surface area contributed by atoms with Crippen molar-refractivity contribution in [1.82, 2.24) is 15.1 Å². The first-order valence-electron chi connectivity index (χ1n) is 7.21. The first-order valence-corrected chi connectivity index (χ1v) is 7.21. The van der Waals surface area contributed by atoms with Crippen LogP contribution in [-0.4, -0.2) is 33.4 Å². The SMILES string of the molecule is CCc1c(C(=O)NC(C)CCO)cnn1-c1ccccc1. The van der Waals surface area contributed by atoms with E-state index in [1.807, 2.05) is 44.2 Å². The number of aliphatic hydroxyl groups excluding tert-OH is 1. The Balaban J connectivity index is 2.26. The first kappa shape index (κ1) is 15.3. The van der Waals surface area contributed by atoms with Crippen LogP contribution in [0, 0.1) is 0 Å². The van der Waals surface area contributed by atoms with Gasteiger partial charge in [-0.25, -0.2) is 4.68 Å². The van der Waals surface area contributed by atoms with E-state index in [4.69, 9.17) is 5.11 Å². The number of nitrogens with zero attached hydrogens (tertiary/aromatic N) is 2. The van der Waals surface area contributed by atoms with E-state index in [-0.39, 0.29) is 18.6 Å². The molecule has 112 valence electrons. The molecule has 0 aliphatic rings. The van der Waals surface area contributed by atoms with Crippen molar-refractivity contribution in [3.05, 3.63) is 47.8 Å². The van der Waals surface area contributed by atoms with E-state index < -0.39 is 0 Å². The molecule has 0 aliphatic heterocycles. The molecule has 1 unspecified atom stereocenters. The standard InChI is InChI=1S/C16H21N3O2/c1-3-15-14(16(21)18-12(2)9-10-20)11-17-19(15)13-7-5-4-6-8-13/h4-8,11-12,20H,3,9-10H2,1-2H3,(H,18,21). The van der Waals surface area contributed by atoms with Gasteiger partial charge in [-0.1, -0.05) is 25.1 Å². The van der Waals surface area contributed by atoms with Crippen molar-refractivity contribution >= 4 is 5.91 Å². The monoisotopic (exact) mass is 287 g/mol. The highest BCUT2D eigenvalue weighted by Gasteiger charge is 2.18. The molecule has 0 saturated heterocycles. The van der Waals surface area contributed by atoms with Crippen LogP contribution in [0.5, 0.6) is 0 Å². The number of carbonyl (C=O) groups excluding carboxylic acids is 1. The fourth-order valence-corrected chi connectivity index (χ4v) is 2.26. The van der Waals surface area contributed by atoms with Gasteiger partial charge in [0.2, 0.25) is 0 Å². The van der Waals surface area contributed by atoms with Gasteiger partial charge in [0.15, 0.2) is 0 Å². The van der Waals surface area contributed by atoms with Gasteiger partial charge in [-0.05, 0) is 31.9 Å². The number of hydrogen-bond donors (Lipinski definition) is 2. The molecule has 0 spiro atoms. The largest absolute Gasteiger partial charge is 0.396 e. The minimum atomic E-state index is -0.144. The summed E-state index contributed by atoms with van der Waals surface area (Å²) < 4.78 is 1.80. The van der Waals surface area contributed by atoms with Crippen LogP contribution < -0.4 is 5.32 Å². The Hall–Kier alpha value is -2.14. The van der Waals surface area contributed by atoms with Crippen LogP contribution in [0.4, 0.5) is 0 Å². The van der Waals surface area contributed by atoms with Crippen molar-refractivity contribution in [1.29, 1.82) is 0 Å². The summed E-state index contributed by atoms with van der Waals surface area (Å²) in [6.45, 7) is 3.94. The number of nitrogens with one attached hydrogen (secondary N) is 1. The van der Waals surface area contributed by atoms with E-state index in [0.29, 0.717) is 18.4 Å². The fraction of sp³-hybridized carbons (Fsp3) is 0.375. The molecule has 0 bridgehead atoms. The predicted octanol–water partition coefficient (Wildman–Crippen LogP) is 1.94. The maximum atomic E-state index is 12.3. The number of benzene rings is 1. The van der Waals surface area contributed by atoms with Gasteiger partial charge in [0, 0.05) is 12.6 Å². The second-order valence-electron chi connectivity index (χ2n) is 4.99. The topological polar surface area (TPSA) is 67.2 Å². The zero-order valence-electron chi connectivity index (χ0n) is 12.4. The number of hydrogen-bond acceptors (Lipinski definition) is 3. The average Bonchev–Trinajstić information content (AvgIpc) is 2.92. The summed E-state index contributed by atoms with van der Waals surface area (Å²) in [7, 11) is 0. The van der Waals surface area contributed by atoms with Crippen LogP contribution in [-0.2, 0) is 6.42 Å². The molecule has 5 nitrogen and oxygen atoms in total. The third kappa shape index (κ3) is 3.49. The second kappa shape index (κ2) is 7.04. The number of amides is 1. The van der Waals surface area contributed by atoms with Gasteiger partial charge in [0.1, 0.15) is 0 Å². The third-order valence-electron chi connectivity index (χ3n) is 3.39. The lowest BCUT2D eigenvalue weighted by atomic mass is 10.1. The molecule has 2 rings (SSSR count). The molecule has 21 heavy (non-hydrogen) atoms. The molecule has 0 radical (unpaired) electrons. The molecule has 2 aromatic rings. The summed E-state index contributed by atoms with van der Waals surface area (Å²) in [5.41, 5.74) is 2.41. The highest BCUT2D eigenvalue weighted by molar-refractivity contribution is 5.95. The van der Waals surface area contributed by atoms with Crippen molar-refractivity contribution in [3.8, 4) is 5.69 Å². The number of aliphatic hydroxyl groups is 1. The highest BCUT2D eigenvalue weighted by atomic mass is 16.3. The highest BCUT2D eigenvalue weighted by Crippen LogP contribution is 2.15. The van der Waals surface area contributed by atoms with E-state index in [2.05, 4.69) is 10.4 Å². The molecule has 1 atom stereocenters. The lowest BCUT2D eigenvalue weighted by molar-refractivity contribution is 0.0933. The number of aromatic nitrogens is 2. The molecule has 0 saturated carbocycles. The normalized spacial score (nSPS) is 12.1. The Morgan fingerprint density at radius 1 is 1.38 bits per heavy atom. The van der Waals surface area contributed by atoms with Gasteiger partial charge in [-0.2, -0.15) is 5.10 Å². The van der Waals surface area contributed by atoms with E-state index in [9.17, 15) is 4.79 Å². The van der Waals surface area contributed by atoms with Crippen molar-refractivity contribution in [2.75, 3.05) is 6.61 Å². The molecule has 1 aromatic heterocycles. The quantitative estimate of drug-likeness (QED) is 0.853. The maximum absolute atomic E-state index is 12.3. The Labute approximate surface area is 124 Å². The summed E-state index contributed by atoms with van der Waals surface area (Å²) in [4.78, 5) is 12.3. The summed E-state index contributed by atoms with van der Waals surface area (Å²) in [6, 6.07) is 9.69. The Morgan fingerprint density at radius 2 is 2.10 bits per heavy atom.